The molecule has 0 aliphatic carbocycles. The van der Waals surface area contributed by atoms with Gasteiger partial charge < -0.3 is 10.6 Å². The fourth-order valence-electron chi connectivity index (χ4n) is 1.31. The third kappa shape index (κ3) is 5.17. The van der Waals surface area contributed by atoms with Crippen LogP contribution < -0.4 is 11.2 Å². The highest BCUT2D eigenvalue weighted by atomic mass is 16.7. The lowest BCUT2D eigenvalue weighted by Crippen LogP contribution is -2.39. The summed E-state index contributed by atoms with van der Waals surface area (Å²) >= 11 is 0. The van der Waals surface area contributed by atoms with E-state index in [0.717, 1.165) is 0 Å². The van der Waals surface area contributed by atoms with Gasteiger partial charge in [-0.25, -0.2) is 5.48 Å². The van der Waals surface area contributed by atoms with Gasteiger partial charge in [0.15, 0.2) is 6.61 Å². The van der Waals surface area contributed by atoms with Gasteiger partial charge in [-0.15, -0.1) is 0 Å². The third-order valence-corrected chi connectivity index (χ3v) is 2.15. The van der Waals surface area contributed by atoms with Gasteiger partial charge in [0.1, 0.15) is 6.54 Å². The number of amides is 3. The number of carbonyl (C=O) groups is 3. The zero-order valence-electron chi connectivity index (χ0n) is 10.5. The molecule has 1 aromatic carbocycles. The van der Waals surface area contributed by atoms with E-state index in [0.29, 0.717) is 5.56 Å². The molecule has 102 valence electrons. The van der Waals surface area contributed by atoms with Crippen molar-refractivity contribution in [3.05, 3.63) is 35.9 Å². The smallest absolute Gasteiger partial charge is 0.263 e. The molecule has 0 heterocycles. The zero-order valence-corrected chi connectivity index (χ0v) is 10.5. The molecule has 0 fully saturated rings. The van der Waals surface area contributed by atoms with E-state index in [4.69, 9.17) is 5.73 Å². The Balaban J connectivity index is 2.42. The van der Waals surface area contributed by atoms with E-state index in [9.17, 15) is 14.4 Å². The number of hydrogen-bond donors (Lipinski definition) is 2. The first-order valence-electron chi connectivity index (χ1n) is 5.50. The average molecular weight is 265 g/mol. The molecule has 0 saturated carbocycles. The van der Waals surface area contributed by atoms with Crippen LogP contribution in [-0.4, -0.2) is 42.8 Å². The van der Waals surface area contributed by atoms with E-state index in [-0.39, 0.29) is 12.5 Å². The van der Waals surface area contributed by atoms with Crippen molar-refractivity contribution in [1.82, 2.24) is 10.4 Å². The molecular formula is C12H15N3O4. The maximum Gasteiger partial charge on any atom is 0.263 e. The van der Waals surface area contributed by atoms with Crippen LogP contribution in [0.15, 0.2) is 30.3 Å². The third-order valence-electron chi connectivity index (χ3n) is 2.15. The minimum Gasteiger partial charge on any atom is -0.368 e. The highest BCUT2D eigenvalue weighted by Crippen LogP contribution is 2.02. The maximum atomic E-state index is 11.9. The summed E-state index contributed by atoms with van der Waals surface area (Å²) in [6, 6.07) is 8.57. The summed E-state index contributed by atoms with van der Waals surface area (Å²) in [7, 11) is 1.49. The van der Waals surface area contributed by atoms with Crippen molar-refractivity contribution in [3.8, 4) is 0 Å². The van der Waals surface area contributed by atoms with Crippen LogP contribution in [0.1, 0.15) is 10.4 Å². The van der Waals surface area contributed by atoms with Crippen molar-refractivity contribution >= 4 is 17.7 Å². The Labute approximate surface area is 110 Å². The number of likely N-dealkylation sites (N-methyl/N-ethyl adjacent to an activating group) is 1. The van der Waals surface area contributed by atoms with E-state index in [1.54, 1.807) is 30.3 Å². The Morgan fingerprint density at radius 1 is 1.26 bits per heavy atom. The zero-order chi connectivity index (χ0) is 14.3. The summed E-state index contributed by atoms with van der Waals surface area (Å²) in [5.74, 6) is -1.53. The largest absolute Gasteiger partial charge is 0.368 e. The first-order chi connectivity index (χ1) is 9.00. The van der Waals surface area contributed by atoms with E-state index in [1.165, 1.54) is 11.9 Å². The SMILES string of the molecule is CN(CC(=O)NOCC(N)=O)C(=O)c1ccccc1. The average Bonchev–Trinajstić information content (AvgIpc) is 2.38. The molecule has 1 rings (SSSR count). The summed E-state index contributed by atoms with van der Waals surface area (Å²) in [4.78, 5) is 39.4. The van der Waals surface area contributed by atoms with Crippen molar-refractivity contribution in [2.24, 2.45) is 5.73 Å². The van der Waals surface area contributed by atoms with Gasteiger partial charge in [-0.3, -0.25) is 19.2 Å². The van der Waals surface area contributed by atoms with Crippen LogP contribution >= 0.6 is 0 Å². The second kappa shape index (κ2) is 7.12. The quantitative estimate of drug-likeness (QED) is 0.663. The van der Waals surface area contributed by atoms with E-state index in [1.807, 2.05) is 5.48 Å². The number of hydroxylamine groups is 1. The van der Waals surface area contributed by atoms with Gasteiger partial charge in [0.2, 0.25) is 5.91 Å². The number of nitrogens with one attached hydrogen (secondary N) is 1. The monoisotopic (exact) mass is 265 g/mol. The van der Waals surface area contributed by atoms with Gasteiger partial charge >= 0.3 is 0 Å². The molecule has 0 aliphatic heterocycles. The van der Waals surface area contributed by atoms with Crippen LogP contribution in [0.2, 0.25) is 0 Å². The number of nitrogens with two attached hydrogens (primary N) is 1. The van der Waals surface area contributed by atoms with Gasteiger partial charge in [0.25, 0.3) is 11.8 Å². The van der Waals surface area contributed by atoms with Crippen LogP contribution in [0.4, 0.5) is 0 Å². The number of benzene rings is 1. The predicted octanol–water partition coefficient (Wildman–Crippen LogP) is -0.708. The Kier molecular flexibility index (Phi) is 5.49. The first kappa shape index (κ1) is 14.7. The lowest BCUT2D eigenvalue weighted by molar-refractivity contribution is -0.138. The van der Waals surface area contributed by atoms with Crippen molar-refractivity contribution in [3.63, 3.8) is 0 Å². The minimum absolute atomic E-state index is 0.188. The Morgan fingerprint density at radius 3 is 2.47 bits per heavy atom. The van der Waals surface area contributed by atoms with Crippen LogP contribution in [0.5, 0.6) is 0 Å². The molecule has 7 nitrogen and oxygen atoms in total. The highest BCUT2D eigenvalue weighted by Gasteiger charge is 2.14. The molecule has 3 amide bonds. The molecule has 0 spiro atoms. The normalized spacial score (nSPS) is 9.74. The van der Waals surface area contributed by atoms with Crippen LogP contribution in [0, 0.1) is 0 Å². The summed E-state index contributed by atoms with van der Waals surface area (Å²) in [6.45, 7) is -0.603. The molecule has 0 aliphatic rings. The number of nitrogens with zero attached hydrogens (tertiary/aromatic N) is 1. The topological polar surface area (TPSA) is 102 Å². The van der Waals surface area contributed by atoms with E-state index >= 15 is 0 Å². The fourth-order valence-corrected chi connectivity index (χ4v) is 1.31. The molecule has 0 aromatic heterocycles. The second-order valence-electron chi connectivity index (χ2n) is 3.81. The summed E-state index contributed by atoms with van der Waals surface area (Å²) in [5.41, 5.74) is 7.32. The van der Waals surface area contributed by atoms with E-state index in [2.05, 4.69) is 4.84 Å². The lowest BCUT2D eigenvalue weighted by Gasteiger charge is -2.16. The molecule has 0 atom stereocenters. The van der Waals surface area contributed by atoms with Gasteiger partial charge in [0, 0.05) is 12.6 Å². The molecule has 0 unspecified atom stereocenters. The number of rotatable bonds is 6. The molecular weight excluding hydrogens is 250 g/mol. The van der Waals surface area contributed by atoms with Crippen molar-refractivity contribution in [2.45, 2.75) is 0 Å². The maximum absolute atomic E-state index is 11.9. The first-order valence-corrected chi connectivity index (χ1v) is 5.50. The number of primary amides is 1. The van der Waals surface area contributed by atoms with Crippen molar-refractivity contribution in [2.75, 3.05) is 20.2 Å². The van der Waals surface area contributed by atoms with Gasteiger partial charge in [-0.1, -0.05) is 18.2 Å². The molecule has 7 heteroatoms. The molecule has 3 N–H and O–H groups in total. The molecule has 0 bridgehead atoms. The van der Waals surface area contributed by atoms with Crippen LogP contribution in [-0.2, 0) is 14.4 Å². The Morgan fingerprint density at radius 2 is 1.89 bits per heavy atom. The van der Waals surface area contributed by atoms with Gasteiger partial charge in [0.05, 0.1) is 0 Å². The number of hydrogen-bond acceptors (Lipinski definition) is 4. The minimum atomic E-state index is -0.700. The van der Waals surface area contributed by atoms with Gasteiger partial charge in [-0.2, -0.15) is 0 Å². The molecule has 1 aromatic rings. The highest BCUT2D eigenvalue weighted by molar-refractivity contribution is 5.96. The van der Waals surface area contributed by atoms with Crippen LogP contribution in [0.25, 0.3) is 0 Å². The molecule has 0 saturated heterocycles. The summed E-state index contributed by atoms with van der Waals surface area (Å²) in [5, 5.41) is 0. The van der Waals surface area contributed by atoms with Gasteiger partial charge in [-0.05, 0) is 12.1 Å². The molecule has 0 radical (unpaired) electrons. The summed E-state index contributed by atoms with van der Waals surface area (Å²) < 4.78 is 0. The van der Waals surface area contributed by atoms with Crippen molar-refractivity contribution in [1.29, 1.82) is 0 Å². The standard InChI is InChI=1S/C12H15N3O4/c1-15(7-11(17)14-19-8-10(13)16)12(18)9-5-3-2-4-6-9/h2-6H,7-8H2,1H3,(H2,13,16)(H,14,17). The van der Waals surface area contributed by atoms with Crippen molar-refractivity contribution < 1.29 is 19.2 Å². The number of carbonyl (C=O) groups excluding carboxylic acids is 3. The predicted molar refractivity (Wildman–Crippen MR) is 66.7 cm³/mol. The Hall–Kier alpha value is -2.41. The van der Waals surface area contributed by atoms with Crippen LogP contribution in [0.3, 0.4) is 0 Å². The molecule has 19 heavy (non-hydrogen) atoms. The Bertz CT molecular complexity index is 461. The van der Waals surface area contributed by atoms with E-state index < -0.39 is 18.4 Å². The summed E-state index contributed by atoms with van der Waals surface area (Å²) in [6.07, 6.45) is 0. The second-order valence-corrected chi connectivity index (χ2v) is 3.81. The lowest BCUT2D eigenvalue weighted by atomic mass is 10.2. The fraction of sp³-hybridized carbons (Fsp3) is 0.250.